The summed E-state index contributed by atoms with van der Waals surface area (Å²) in [5, 5.41) is 0. The van der Waals surface area contributed by atoms with E-state index in [4.69, 9.17) is 14.2 Å². The monoisotopic (exact) mass is 339 g/mol. The van der Waals surface area contributed by atoms with E-state index in [1.165, 1.54) is 12.1 Å². The van der Waals surface area contributed by atoms with Crippen LogP contribution in [0.15, 0.2) is 24.3 Å². The summed E-state index contributed by atoms with van der Waals surface area (Å²) in [4.78, 5) is 13.9. The molecule has 0 bridgehead atoms. The molecule has 2 atom stereocenters. The maximum atomic E-state index is 13.2. The number of piperidine rings is 1. The molecule has 1 aliphatic rings. The molecule has 6 heteroatoms. The van der Waals surface area contributed by atoms with Crippen molar-refractivity contribution in [2.24, 2.45) is 0 Å². The third-order valence-electron chi connectivity index (χ3n) is 4.29. The molecule has 0 spiro atoms. The molecular formula is C18H26FNO4. The number of hydrogen-bond acceptors (Lipinski definition) is 4. The van der Waals surface area contributed by atoms with Gasteiger partial charge in [-0.15, -0.1) is 0 Å². The van der Waals surface area contributed by atoms with Crippen LogP contribution in [0.4, 0.5) is 9.18 Å². The Morgan fingerprint density at radius 2 is 1.88 bits per heavy atom. The van der Waals surface area contributed by atoms with Crippen molar-refractivity contribution in [1.82, 2.24) is 4.90 Å². The van der Waals surface area contributed by atoms with Gasteiger partial charge in [0.25, 0.3) is 0 Å². The Morgan fingerprint density at radius 3 is 2.38 bits per heavy atom. The number of amides is 1. The summed E-state index contributed by atoms with van der Waals surface area (Å²) in [6.45, 7) is 6.32. The molecule has 1 aliphatic heterocycles. The van der Waals surface area contributed by atoms with E-state index in [0.29, 0.717) is 19.5 Å². The zero-order valence-corrected chi connectivity index (χ0v) is 15.0. The molecule has 0 saturated carbocycles. The van der Waals surface area contributed by atoms with Gasteiger partial charge in [-0.2, -0.15) is 0 Å². The number of nitrogens with zero attached hydrogens (tertiary/aromatic N) is 1. The van der Waals surface area contributed by atoms with Crippen LogP contribution < -0.4 is 0 Å². The molecule has 0 N–H and O–H groups in total. The minimum absolute atomic E-state index is 0.301. The first-order chi connectivity index (χ1) is 11.2. The predicted octanol–water partition coefficient (Wildman–Crippen LogP) is 3.32. The van der Waals surface area contributed by atoms with Gasteiger partial charge in [0.05, 0.1) is 6.54 Å². The molecule has 1 saturated heterocycles. The molecule has 1 amide bonds. The number of benzene rings is 1. The Kier molecular flexibility index (Phi) is 5.50. The van der Waals surface area contributed by atoms with Crippen molar-refractivity contribution in [3.63, 3.8) is 0 Å². The molecule has 134 valence electrons. The fraction of sp³-hybridized carbons (Fsp3) is 0.611. The Labute approximate surface area is 142 Å². The molecule has 0 unspecified atom stereocenters. The zero-order valence-electron chi connectivity index (χ0n) is 15.0. The van der Waals surface area contributed by atoms with Gasteiger partial charge in [0, 0.05) is 27.2 Å². The van der Waals surface area contributed by atoms with Crippen LogP contribution in [-0.4, -0.2) is 50.0 Å². The lowest BCUT2D eigenvalue weighted by molar-refractivity contribution is -0.156. The number of carbonyl (C=O) groups is 1. The molecule has 1 fully saturated rings. The van der Waals surface area contributed by atoms with E-state index in [1.807, 2.05) is 20.8 Å². The highest BCUT2D eigenvalue weighted by Crippen LogP contribution is 2.38. The Bertz CT molecular complexity index is 569. The van der Waals surface area contributed by atoms with Crippen molar-refractivity contribution in [2.75, 3.05) is 27.3 Å². The quantitative estimate of drug-likeness (QED) is 0.847. The number of halogens is 1. The van der Waals surface area contributed by atoms with Crippen LogP contribution in [-0.2, 0) is 19.8 Å². The summed E-state index contributed by atoms with van der Waals surface area (Å²) in [6.07, 6.45) is -0.213. The predicted molar refractivity (Wildman–Crippen MR) is 88.3 cm³/mol. The normalized spacial score (nSPS) is 24.8. The molecule has 0 radical (unpaired) electrons. The second-order valence-electron chi connectivity index (χ2n) is 7.00. The number of rotatable bonds is 3. The first kappa shape index (κ1) is 18.7. The highest BCUT2D eigenvalue weighted by atomic mass is 19.1. The summed E-state index contributed by atoms with van der Waals surface area (Å²) >= 11 is 0. The smallest absolute Gasteiger partial charge is 0.410 e. The fourth-order valence-corrected chi connectivity index (χ4v) is 3.07. The van der Waals surface area contributed by atoms with Crippen molar-refractivity contribution < 1.29 is 23.4 Å². The van der Waals surface area contributed by atoms with Gasteiger partial charge in [-0.05, 0) is 38.5 Å². The van der Waals surface area contributed by atoms with E-state index >= 15 is 0 Å². The number of carbonyl (C=O) groups excluding carboxylic acids is 1. The van der Waals surface area contributed by atoms with Gasteiger partial charge in [-0.25, -0.2) is 9.18 Å². The summed E-state index contributed by atoms with van der Waals surface area (Å²) in [6, 6.07) is 6.22. The molecule has 24 heavy (non-hydrogen) atoms. The Balaban J connectivity index is 2.22. The first-order valence-corrected chi connectivity index (χ1v) is 8.04. The second kappa shape index (κ2) is 7.07. The largest absolute Gasteiger partial charge is 0.444 e. The van der Waals surface area contributed by atoms with Crippen LogP contribution in [0.2, 0.25) is 0 Å². The van der Waals surface area contributed by atoms with Gasteiger partial charge >= 0.3 is 6.09 Å². The zero-order chi connectivity index (χ0) is 18.0. The number of methoxy groups -OCH3 is 2. The molecule has 1 aromatic carbocycles. The molecule has 0 aromatic heterocycles. The van der Waals surface area contributed by atoms with E-state index in [0.717, 1.165) is 5.56 Å². The SMILES string of the molecule is CO[C@@H]1CN(C(=O)OC(C)(C)C)CC[C@@]1(OC)c1ccc(F)cc1. The molecule has 0 aliphatic carbocycles. The minimum Gasteiger partial charge on any atom is -0.444 e. The molecule has 2 rings (SSSR count). The Morgan fingerprint density at radius 1 is 1.25 bits per heavy atom. The summed E-state index contributed by atoms with van der Waals surface area (Å²) in [5.41, 5.74) is -0.435. The molecular weight excluding hydrogens is 313 g/mol. The number of likely N-dealkylation sites (tertiary alicyclic amines) is 1. The third kappa shape index (κ3) is 3.87. The van der Waals surface area contributed by atoms with Crippen molar-refractivity contribution in [1.29, 1.82) is 0 Å². The van der Waals surface area contributed by atoms with E-state index in [9.17, 15) is 9.18 Å². The van der Waals surface area contributed by atoms with Gasteiger partial charge in [0.1, 0.15) is 23.1 Å². The highest BCUT2D eigenvalue weighted by Gasteiger charge is 2.47. The molecule has 5 nitrogen and oxygen atoms in total. The van der Waals surface area contributed by atoms with Crippen LogP contribution in [0.5, 0.6) is 0 Å². The van der Waals surface area contributed by atoms with Crippen molar-refractivity contribution in [3.05, 3.63) is 35.6 Å². The summed E-state index contributed by atoms with van der Waals surface area (Å²) in [5.74, 6) is -0.301. The van der Waals surface area contributed by atoms with Crippen LogP contribution >= 0.6 is 0 Å². The average molecular weight is 339 g/mol. The third-order valence-corrected chi connectivity index (χ3v) is 4.29. The highest BCUT2D eigenvalue weighted by molar-refractivity contribution is 5.68. The lowest BCUT2D eigenvalue weighted by Crippen LogP contribution is -2.57. The minimum atomic E-state index is -0.721. The lowest BCUT2D eigenvalue weighted by atomic mass is 9.81. The summed E-state index contributed by atoms with van der Waals surface area (Å²) < 4.78 is 30.1. The molecule has 1 heterocycles. The average Bonchev–Trinajstić information content (AvgIpc) is 2.53. The van der Waals surface area contributed by atoms with E-state index < -0.39 is 11.2 Å². The lowest BCUT2D eigenvalue weighted by Gasteiger charge is -2.46. The van der Waals surface area contributed by atoms with Gasteiger partial charge < -0.3 is 19.1 Å². The second-order valence-corrected chi connectivity index (χ2v) is 7.00. The maximum Gasteiger partial charge on any atom is 0.410 e. The van der Waals surface area contributed by atoms with E-state index in [-0.39, 0.29) is 18.0 Å². The first-order valence-electron chi connectivity index (χ1n) is 8.04. The van der Waals surface area contributed by atoms with Gasteiger partial charge in [0.2, 0.25) is 0 Å². The van der Waals surface area contributed by atoms with Crippen LogP contribution in [0, 0.1) is 5.82 Å². The number of ether oxygens (including phenoxy) is 3. The maximum absolute atomic E-state index is 13.2. The topological polar surface area (TPSA) is 48.0 Å². The van der Waals surface area contributed by atoms with Gasteiger partial charge in [-0.3, -0.25) is 0 Å². The van der Waals surface area contributed by atoms with E-state index in [2.05, 4.69) is 0 Å². The van der Waals surface area contributed by atoms with Crippen molar-refractivity contribution >= 4 is 6.09 Å². The fourth-order valence-electron chi connectivity index (χ4n) is 3.07. The van der Waals surface area contributed by atoms with Gasteiger partial charge in [-0.1, -0.05) is 12.1 Å². The van der Waals surface area contributed by atoms with E-state index in [1.54, 1.807) is 31.3 Å². The van der Waals surface area contributed by atoms with Gasteiger partial charge in [0.15, 0.2) is 0 Å². The van der Waals surface area contributed by atoms with Crippen LogP contribution in [0.3, 0.4) is 0 Å². The van der Waals surface area contributed by atoms with Crippen LogP contribution in [0.25, 0.3) is 0 Å². The van der Waals surface area contributed by atoms with Crippen LogP contribution in [0.1, 0.15) is 32.8 Å². The summed E-state index contributed by atoms with van der Waals surface area (Å²) in [7, 11) is 3.19. The molecule has 1 aromatic rings. The standard InChI is InChI=1S/C18H26FNO4/c1-17(2,3)24-16(21)20-11-10-18(23-5,15(12-20)22-4)13-6-8-14(19)9-7-13/h6-9,15H,10-12H2,1-5H3/t15-,18-/m1/s1. The van der Waals surface area contributed by atoms with Crippen molar-refractivity contribution in [2.45, 2.75) is 44.5 Å². The Hall–Kier alpha value is -1.66. The van der Waals surface area contributed by atoms with Crippen molar-refractivity contribution in [3.8, 4) is 0 Å². The number of hydrogen-bond donors (Lipinski definition) is 0.